The standard InChI is InChI=1S/C7H5NO2S3/c9-13(10,8-5-11)7-4-2-1-3-6(7)12/h1-2,4H,3H2. The highest BCUT2D eigenvalue weighted by Crippen LogP contribution is 2.17. The number of hydrogen-bond acceptors (Lipinski definition) is 4. The second-order valence-corrected chi connectivity index (χ2v) is 4.49. The number of hydrogen-bond donors (Lipinski definition) is 0. The Labute approximate surface area is 86.9 Å². The van der Waals surface area contributed by atoms with Crippen LogP contribution >= 0.6 is 24.4 Å². The summed E-state index contributed by atoms with van der Waals surface area (Å²) < 4.78 is 25.7. The predicted octanol–water partition coefficient (Wildman–Crippen LogP) is 1.63. The first-order valence-electron chi connectivity index (χ1n) is 3.32. The lowest BCUT2D eigenvalue weighted by Gasteiger charge is -2.06. The van der Waals surface area contributed by atoms with E-state index in [-0.39, 0.29) is 4.91 Å². The van der Waals surface area contributed by atoms with Crippen molar-refractivity contribution < 1.29 is 8.42 Å². The second kappa shape index (κ2) is 4.02. The molecule has 0 saturated carbocycles. The van der Waals surface area contributed by atoms with Crippen molar-refractivity contribution in [3.63, 3.8) is 0 Å². The molecule has 0 fully saturated rings. The minimum absolute atomic E-state index is 0.0438. The number of allylic oxidation sites excluding steroid dienone is 4. The van der Waals surface area contributed by atoms with Crippen LogP contribution in [0.1, 0.15) is 6.42 Å². The van der Waals surface area contributed by atoms with E-state index in [2.05, 4.69) is 16.6 Å². The molecule has 0 bridgehead atoms. The van der Waals surface area contributed by atoms with Gasteiger partial charge in [-0.25, -0.2) is 0 Å². The smallest absolute Gasteiger partial charge is 0.199 e. The van der Waals surface area contributed by atoms with Gasteiger partial charge in [0.2, 0.25) is 0 Å². The van der Waals surface area contributed by atoms with Crippen molar-refractivity contribution in [1.82, 2.24) is 0 Å². The van der Waals surface area contributed by atoms with Crippen LogP contribution in [0.25, 0.3) is 0 Å². The summed E-state index contributed by atoms with van der Waals surface area (Å²) in [7, 11) is -3.70. The maximum Gasteiger partial charge on any atom is 0.291 e. The van der Waals surface area contributed by atoms with Gasteiger partial charge in [0.05, 0.1) is 5.16 Å². The molecule has 0 aromatic rings. The first-order chi connectivity index (χ1) is 6.08. The highest BCUT2D eigenvalue weighted by molar-refractivity contribution is 7.97. The summed E-state index contributed by atoms with van der Waals surface area (Å²) in [6.07, 6.45) is 5.27. The van der Waals surface area contributed by atoms with Gasteiger partial charge >= 0.3 is 0 Å². The molecule has 0 aromatic heterocycles. The number of rotatable bonds is 2. The molecule has 0 saturated heterocycles. The lowest BCUT2D eigenvalue weighted by atomic mass is 10.2. The first-order valence-corrected chi connectivity index (χ1v) is 5.58. The summed E-state index contributed by atoms with van der Waals surface area (Å²) in [6.45, 7) is 0. The van der Waals surface area contributed by atoms with E-state index in [4.69, 9.17) is 12.2 Å². The van der Waals surface area contributed by atoms with Crippen LogP contribution < -0.4 is 0 Å². The monoisotopic (exact) mass is 231 g/mol. The Morgan fingerprint density at radius 2 is 2.23 bits per heavy atom. The number of isothiocyanates is 1. The minimum atomic E-state index is -3.70. The van der Waals surface area contributed by atoms with Gasteiger partial charge in [0.15, 0.2) is 0 Å². The number of sulfonamides is 1. The fourth-order valence-corrected chi connectivity index (χ4v) is 2.44. The van der Waals surface area contributed by atoms with Gasteiger partial charge in [-0.1, -0.05) is 24.4 Å². The summed E-state index contributed by atoms with van der Waals surface area (Å²) in [5.74, 6) is 0. The van der Waals surface area contributed by atoms with Crippen LogP contribution in [-0.2, 0) is 10.0 Å². The van der Waals surface area contributed by atoms with Crippen molar-refractivity contribution in [2.24, 2.45) is 4.40 Å². The Morgan fingerprint density at radius 1 is 1.54 bits per heavy atom. The summed E-state index contributed by atoms with van der Waals surface area (Å²) in [5.41, 5.74) is 0. The SMILES string of the molecule is O=S(=O)(N=C=S)C1=CC=CCC1=S. The van der Waals surface area contributed by atoms with Crippen LogP contribution in [0.3, 0.4) is 0 Å². The van der Waals surface area contributed by atoms with Crippen molar-refractivity contribution in [2.45, 2.75) is 6.42 Å². The Kier molecular flexibility index (Phi) is 3.22. The van der Waals surface area contributed by atoms with Gasteiger partial charge < -0.3 is 0 Å². The van der Waals surface area contributed by atoms with E-state index in [1.54, 1.807) is 12.2 Å². The molecule has 1 aliphatic carbocycles. The average molecular weight is 231 g/mol. The van der Waals surface area contributed by atoms with E-state index in [1.807, 2.05) is 5.16 Å². The molecular formula is C7H5NO2S3. The van der Waals surface area contributed by atoms with Gasteiger partial charge in [-0.2, -0.15) is 8.42 Å². The van der Waals surface area contributed by atoms with Crippen LogP contribution in [0, 0.1) is 0 Å². The molecule has 13 heavy (non-hydrogen) atoms. The van der Waals surface area contributed by atoms with E-state index in [0.717, 1.165) is 0 Å². The molecule has 0 atom stereocenters. The zero-order valence-electron chi connectivity index (χ0n) is 6.43. The molecule has 3 nitrogen and oxygen atoms in total. The predicted molar refractivity (Wildman–Crippen MR) is 58.4 cm³/mol. The van der Waals surface area contributed by atoms with Crippen molar-refractivity contribution in [3.8, 4) is 0 Å². The third-order valence-corrected chi connectivity index (χ3v) is 3.39. The van der Waals surface area contributed by atoms with Crippen LogP contribution in [0.2, 0.25) is 0 Å². The normalized spacial score (nSPS) is 16.3. The van der Waals surface area contributed by atoms with Crippen LogP contribution in [0.4, 0.5) is 0 Å². The topological polar surface area (TPSA) is 46.5 Å². The molecular weight excluding hydrogens is 226 g/mol. The molecule has 0 aliphatic heterocycles. The van der Waals surface area contributed by atoms with Crippen molar-refractivity contribution in [2.75, 3.05) is 0 Å². The van der Waals surface area contributed by atoms with E-state index in [1.165, 1.54) is 6.08 Å². The third-order valence-electron chi connectivity index (χ3n) is 1.40. The second-order valence-electron chi connectivity index (χ2n) is 2.24. The molecule has 1 rings (SSSR count). The van der Waals surface area contributed by atoms with E-state index in [0.29, 0.717) is 11.3 Å². The Morgan fingerprint density at radius 3 is 2.77 bits per heavy atom. The molecule has 0 aromatic carbocycles. The van der Waals surface area contributed by atoms with Gasteiger partial charge in [-0.05, 0) is 18.3 Å². The number of thiocarbonyl (C=S) groups is 2. The Hall–Kier alpha value is -0.680. The van der Waals surface area contributed by atoms with Gasteiger partial charge in [0.25, 0.3) is 10.0 Å². The fraction of sp³-hybridized carbons (Fsp3) is 0.143. The summed E-state index contributed by atoms with van der Waals surface area (Å²) in [5, 5.41) is 1.82. The van der Waals surface area contributed by atoms with Crippen LogP contribution in [-0.4, -0.2) is 18.4 Å². The lowest BCUT2D eigenvalue weighted by Crippen LogP contribution is -2.10. The van der Waals surface area contributed by atoms with Gasteiger partial charge in [0, 0.05) is 11.3 Å². The van der Waals surface area contributed by atoms with Gasteiger partial charge in [-0.3, -0.25) is 0 Å². The van der Waals surface area contributed by atoms with Gasteiger partial charge in [-0.15, -0.1) is 4.40 Å². The van der Waals surface area contributed by atoms with E-state index in [9.17, 15) is 8.42 Å². The van der Waals surface area contributed by atoms with Gasteiger partial charge in [0.1, 0.15) is 4.91 Å². The van der Waals surface area contributed by atoms with Crippen molar-refractivity contribution in [1.29, 1.82) is 0 Å². The largest absolute Gasteiger partial charge is 0.291 e. The molecule has 0 amide bonds. The third kappa shape index (κ3) is 2.38. The maximum atomic E-state index is 11.3. The van der Waals surface area contributed by atoms with Crippen molar-refractivity contribution >= 4 is 44.5 Å². The van der Waals surface area contributed by atoms with Crippen LogP contribution in [0.15, 0.2) is 27.5 Å². The highest BCUT2D eigenvalue weighted by atomic mass is 32.2. The molecule has 0 radical (unpaired) electrons. The van der Waals surface area contributed by atoms with Crippen molar-refractivity contribution in [3.05, 3.63) is 23.1 Å². The first kappa shape index (κ1) is 10.4. The summed E-state index contributed by atoms with van der Waals surface area (Å²) >= 11 is 9.09. The highest BCUT2D eigenvalue weighted by Gasteiger charge is 2.20. The Bertz CT molecular complexity index is 438. The quantitative estimate of drug-likeness (QED) is 0.535. The Balaban J connectivity index is 3.22. The number of nitrogens with zero attached hydrogens (tertiary/aromatic N) is 1. The molecule has 0 heterocycles. The average Bonchev–Trinajstić information content (AvgIpc) is 2.04. The molecule has 1 aliphatic rings. The lowest BCUT2D eigenvalue weighted by molar-refractivity contribution is 0.605. The summed E-state index contributed by atoms with van der Waals surface area (Å²) in [4.78, 5) is 0.402. The molecule has 0 unspecified atom stereocenters. The zero-order valence-corrected chi connectivity index (χ0v) is 8.88. The maximum absolute atomic E-state index is 11.3. The minimum Gasteiger partial charge on any atom is -0.199 e. The zero-order chi connectivity index (χ0) is 9.90. The molecule has 0 spiro atoms. The fourth-order valence-electron chi connectivity index (χ4n) is 0.852. The molecule has 0 N–H and O–H groups in total. The van der Waals surface area contributed by atoms with E-state index >= 15 is 0 Å². The molecule has 68 valence electrons. The van der Waals surface area contributed by atoms with E-state index < -0.39 is 10.0 Å². The summed E-state index contributed by atoms with van der Waals surface area (Å²) in [6, 6.07) is 0. The molecule has 6 heteroatoms. The van der Waals surface area contributed by atoms with Crippen LogP contribution in [0.5, 0.6) is 0 Å².